The Bertz CT molecular complexity index is 1300. The van der Waals surface area contributed by atoms with Crippen LogP contribution in [0.25, 0.3) is 0 Å². The molecule has 222 valence electrons. The molecule has 0 spiro atoms. The Balaban J connectivity index is 1.65. The van der Waals surface area contributed by atoms with E-state index >= 15 is 0 Å². The normalized spacial score (nSPS) is 22.0. The van der Waals surface area contributed by atoms with Crippen molar-refractivity contribution in [2.75, 3.05) is 6.61 Å². The summed E-state index contributed by atoms with van der Waals surface area (Å²) < 4.78 is 36.1. The molecule has 2 amide bonds. The van der Waals surface area contributed by atoms with Crippen LogP contribution in [0.4, 0.5) is 8.78 Å². The van der Waals surface area contributed by atoms with Gasteiger partial charge in [0.25, 0.3) is 5.91 Å². The minimum absolute atomic E-state index is 0.00284. The first kappa shape index (κ1) is 30.4. The quantitative estimate of drug-likeness (QED) is 0.386. The summed E-state index contributed by atoms with van der Waals surface area (Å²) >= 11 is 0. The highest BCUT2D eigenvalue weighted by molar-refractivity contribution is 6.00. The molecule has 4 rings (SSSR count). The average molecular weight is 573 g/mol. The van der Waals surface area contributed by atoms with Crippen LogP contribution in [0.15, 0.2) is 53.5 Å². The van der Waals surface area contributed by atoms with Crippen LogP contribution in [-0.2, 0) is 9.53 Å². The minimum Gasteiger partial charge on any atom is -0.485 e. The van der Waals surface area contributed by atoms with E-state index in [1.165, 1.54) is 4.90 Å². The highest BCUT2D eigenvalue weighted by atomic mass is 19.3. The molecule has 2 aliphatic rings. The lowest BCUT2D eigenvalue weighted by Gasteiger charge is -2.42. The van der Waals surface area contributed by atoms with E-state index in [0.717, 1.165) is 0 Å². The molecule has 3 atom stereocenters. The fourth-order valence-corrected chi connectivity index (χ4v) is 5.55. The first-order valence-corrected chi connectivity index (χ1v) is 13.9. The number of aliphatic imine (C=N–C) groups is 1. The maximum absolute atomic E-state index is 13.5. The zero-order chi connectivity index (χ0) is 29.9. The van der Waals surface area contributed by atoms with E-state index in [2.05, 4.69) is 15.0 Å². The molecule has 0 saturated carbocycles. The molecule has 2 aromatic carbocycles. The maximum atomic E-state index is 13.5. The number of guanidine groups is 1. The van der Waals surface area contributed by atoms with Gasteiger partial charge in [-0.3, -0.25) is 14.5 Å². The Kier molecular flexibility index (Phi) is 8.98. The summed E-state index contributed by atoms with van der Waals surface area (Å²) in [6.07, 6.45) is 0.336. The van der Waals surface area contributed by atoms with Gasteiger partial charge in [-0.05, 0) is 56.9 Å². The van der Waals surface area contributed by atoms with Crippen molar-refractivity contribution in [2.24, 2.45) is 10.7 Å². The van der Waals surface area contributed by atoms with Crippen molar-refractivity contribution in [1.82, 2.24) is 10.2 Å². The Hall–Kier alpha value is -3.57. The predicted octanol–water partition coefficient (Wildman–Crippen LogP) is 4.47. The monoisotopic (exact) mass is 572 g/mol. The number of nitrogens with one attached hydrogen (secondary N) is 1. The fourth-order valence-electron chi connectivity index (χ4n) is 5.55. The maximum Gasteiger partial charge on any atom is 0.345 e. The third kappa shape index (κ3) is 6.36. The summed E-state index contributed by atoms with van der Waals surface area (Å²) in [5.74, 6) is -0.170. The van der Waals surface area contributed by atoms with Gasteiger partial charge in [0.1, 0.15) is 17.5 Å². The molecule has 1 unspecified atom stereocenters. The third-order valence-electron chi connectivity index (χ3n) is 8.09. The second-order valence-corrected chi connectivity index (χ2v) is 11.0. The molecule has 0 bridgehead atoms. The van der Waals surface area contributed by atoms with Crippen molar-refractivity contribution >= 4 is 17.8 Å². The van der Waals surface area contributed by atoms with E-state index in [9.17, 15) is 23.5 Å². The number of fused-ring (bicyclic) bond motifs is 1. The molecule has 2 aliphatic heterocycles. The molecule has 2 aromatic rings. The number of para-hydroxylation sites is 1. The number of hydrogen-bond donors (Lipinski definition) is 3. The third-order valence-corrected chi connectivity index (χ3v) is 8.09. The number of amides is 2. The van der Waals surface area contributed by atoms with Crippen LogP contribution < -0.4 is 15.8 Å². The van der Waals surface area contributed by atoms with E-state index in [4.69, 9.17) is 10.5 Å². The van der Waals surface area contributed by atoms with Gasteiger partial charge >= 0.3 is 6.61 Å². The van der Waals surface area contributed by atoms with Gasteiger partial charge in [-0.2, -0.15) is 8.78 Å². The summed E-state index contributed by atoms with van der Waals surface area (Å²) in [5.41, 5.74) is 6.16. The standard InChI is InChI=1S/C30H38F2N4O5/c1-5-30(6-2)17-23(37)36(28(33)35-30)21(14-15-40-27(31)32)18-10-9-11-19(16-18)26(39)34-24-20-12-7-8-13-22(20)41-29(3,4)25(24)38/h7-13,16,21,24-25,27,38H,5-6,14-15,17H2,1-4H3,(H2,33,35)(H,34,39)/t21?,24-,25+/m1/s1. The number of nitrogens with two attached hydrogens (primary N) is 1. The lowest BCUT2D eigenvalue weighted by atomic mass is 9.86. The number of alkyl halides is 2. The summed E-state index contributed by atoms with van der Waals surface area (Å²) in [6, 6.07) is 12.2. The number of carbonyl (C=O) groups is 2. The smallest absolute Gasteiger partial charge is 0.345 e. The zero-order valence-electron chi connectivity index (χ0n) is 23.8. The van der Waals surface area contributed by atoms with Gasteiger partial charge in [0.15, 0.2) is 5.96 Å². The molecule has 9 nitrogen and oxygen atoms in total. The van der Waals surface area contributed by atoms with Gasteiger partial charge in [0.2, 0.25) is 5.91 Å². The SMILES string of the molecule is CCC1(CC)CC(=O)N(C(CCOC(F)F)c2cccc(C(=O)N[C@@H]3c4ccccc4OC(C)(C)[C@H]3O)c2)C(N)=N1. The van der Waals surface area contributed by atoms with Crippen LogP contribution in [0.3, 0.4) is 0 Å². The zero-order valence-corrected chi connectivity index (χ0v) is 23.8. The molecule has 4 N–H and O–H groups in total. The number of nitrogens with zero attached hydrogens (tertiary/aromatic N) is 2. The number of aliphatic hydroxyl groups is 1. The van der Waals surface area contributed by atoms with Crippen LogP contribution in [0.2, 0.25) is 0 Å². The lowest BCUT2D eigenvalue weighted by Crippen LogP contribution is -2.53. The second-order valence-electron chi connectivity index (χ2n) is 11.0. The van der Waals surface area contributed by atoms with Crippen LogP contribution in [0.1, 0.15) is 86.9 Å². The molecule has 0 aromatic heterocycles. The molecular formula is C30H38F2N4O5. The van der Waals surface area contributed by atoms with Crippen LogP contribution in [0, 0.1) is 0 Å². The number of rotatable bonds is 10. The van der Waals surface area contributed by atoms with Gasteiger partial charge in [-0.15, -0.1) is 0 Å². The number of aliphatic hydroxyl groups excluding tert-OH is 1. The van der Waals surface area contributed by atoms with Gasteiger partial charge in [0, 0.05) is 11.1 Å². The molecule has 0 fully saturated rings. The van der Waals surface area contributed by atoms with Crippen LogP contribution in [-0.4, -0.2) is 58.2 Å². The molecule has 0 aliphatic carbocycles. The van der Waals surface area contributed by atoms with Gasteiger partial charge in [0.05, 0.1) is 30.7 Å². The molecule has 0 saturated heterocycles. The molecule has 2 heterocycles. The van der Waals surface area contributed by atoms with Crippen LogP contribution in [0.5, 0.6) is 5.75 Å². The number of carbonyl (C=O) groups excluding carboxylic acids is 2. The summed E-state index contributed by atoms with van der Waals surface area (Å²) in [4.78, 5) is 32.9. The molecular weight excluding hydrogens is 534 g/mol. The van der Waals surface area contributed by atoms with Crippen molar-refractivity contribution in [3.8, 4) is 5.75 Å². The first-order chi connectivity index (χ1) is 19.4. The summed E-state index contributed by atoms with van der Waals surface area (Å²) in [6.45, 7) is 4.05. The average Bonchev–Trinajstić information content (AvgIpc) is 2.93. The minimum atomic E-state index is -2.97. The number of benzene rings is 2. The number of hydrogen-bond acceptors (Lipinski definition) is 7. The largest absolute Gasteiger partial charge is 0.485 e. The molecule has 11 heteroatoms. The van der Waals surface area contributed by atoms with E-state index in [0.29, 0.717) is 29.7 Å². The van der Waals surface area contributed by atoms with Crippen LogP contribution >= 0.6 is 0 Å². The Morgan fingerprint density at radius 3 is 2.59 bits per heavy atom. The van der Waals surface area contributed by atoms with Gasteiger partial charge < -0.3 is 25.6 Å². The Morgan fingerprint density at radius 2 is 1.93 bits per heavy atom. The summed E-state index contributed by atoms with van der Waals surface area (Å²) in [7, 11) is 0. The first-order valence-electron chi connectivity index (χ1n) is 13.9. The highest BCUT2D eigenvalue weighted by Crippen LogP contribution is 2.40. The van der Waals surface area contributed by atoms with E-state index in [-0.39, 0.29) is 36.9 Å². The van der Waals surface area contributed by atoms with Gasteiger partial charge in [-0.25, -0.2) is 4.99 Å². The lowest BCUT2D eigenvalue weighted by molar-refractivity contribution is -0.137. The number of halogens is 2. The molecule has 41 heavy (non-hydrogen) atoms. The fraction of sp³-hybridized carbons (Fsp3) is 0.500. The van der Waals surface area contributed by atoms with E-state index < -0.39 is 41.8 Å². The predicted molar refractivity (Wildman–Crippen MR) is 150 cm³/mol. The number of ether oxygens (including phenoxy) is 2. The highest BCUT2D eigenvalue weighted by Gasteiger charge is 2.44. The van der Waals surface area contributed by atoms with Crippen molar-refractivity contribution < 1.29 is 33.0 Å². The van der Waals surface area contributed by atoms with Crippen molar-refractivity contribution in [2.45, 2.75) is 89.3 Å². The van der Waals surface area contributed by atoms with E-state index in [1.807, 2.05) is 19.9 Å². The summed E-state index contributed by atoms with van der Waals surface area (Å²) in [5, 5.41) is 14.0. The van der Waals surface area contributed by atoms with Crippen molar-refractivity contribution in [3.05, 3.63) is 65.2 Å². The Labute approximate surface area is 238 Å². The molecule has 0 radical (unpaired) electrons. The Morgan fingerprint density at radius 1 is 1.22 bits per heavy atom. The second kappa shape index (κ2) is 12.1. The van der Waals surface area contributed by atoms with Gasteiger partial charge in [-0.1, -0.05) is 44.2 Å². The van der Waals surface area contributed by atoms with E-state index in [1.54, 1.807) is 56.3 Å². The van der Waals surface area contributed by atoms with Crippen molar-refractivity contribution in [3.63, 3.8) is 0 Å². The topological polar surface area (TPSA) is 126 Å². The van der Waals surface area contributed by atoms with Crippen molar-refractivity contribution in [1.29, 1.82) is 0 Å².